The maximum Gasteiger partial charge on any atom is 0.338 e. The predicted octanol–water partition coefficient (Wildman–Crippen LogP) is 2.75. The van der Waals surface area contributed by atoms with Crippen molar-refractivity contribution in [3.63, 3.8) is 0 Å². The Labute approximate surface area is 145 Å². The van der Waals surface area contributed by atoms with Crippen molar-refractivity contribution in [3.8, 4) is 0 Å². The SMILES string of the molecule is CC(C)COC(=O)c1ccc(CN2CCNCC2)cc1.Cl.Cl. The first-order valence-electron chi connectivity index (χ1n) is 7.34. The summed E-state index contributed by atoms with van der Waals surface area (Å²) >= 11 is 0. The van der Waals surface area contributed by atoms with Crippen LogP contribution in [0.15, 0.2) is 24.3 Å². The van der Waals surface area contributed by atoms with Gasteiger partial charge in [-0.25, -0.2) is 4.79 Å². The molecule has 126 valence electrons. The quantitative estimate of drug-likeness (QED) is 0.830. The lowest BCUT2D eigenvalue weighted by Gasteiger charge is -2.27. The third-order valence-corrected chi connectivity index (χ3v) is 3.35. The van der Waals surface area contributed by atoms with Crippen LogP contribution in [0.5, 0.6) is 0 Å². The number of hydrogen-bond donors (Lipinski definition) is 1. The number of nitrogens with one attached hydrogen (secondary N) is 1. The first-order chi connectivity index (χ1) is 9.65. The molecule has 1 aliphatic heterocycles. The summed E-state index contributed by atoms with van der Waals surface area (Å²) in [5, 5.41) is 3.34. The molecule has 1 fully saturated rings. The van der Waals surface area contributed by atoms with Crippen molar-refractivity contribution < 1.29 is 9.53 Å². The van der Waals surface area contributed by atoms with Gasteiger partial charge in [0.2, 0.25) is 0 Å². The van der Waals surface area contributed by atoms with E-state index in [1.807, 2.05) is 38.1 Å². The van der Waals surface area contributed by atoms with Crippen LogP contribution in [0.2, 0.25) is 0 Å². The number of carbonyl (C=O) groups is 1. The van der Waals surface area contributed by atoms with E-state index in [4.69, 9.17) is 4.74 Å². The molecule has 1 heterocycles. The Kier molecular flexibility index (Phi) is 10.4. The number of piperazine rings is 1. The molecule has 1 aliphatic rings. The molecule has 0 aromatic heterocycles. The number of ether oxygens (including phenoxy) is 1. The lowest BCUT2D eigenvalue weighted by atomic mass is 10.1. The van der Waals surface area contributed by atoms with Gasteiger partial charge < -0.3 is 10.1 Å². The van der Waals surface area contributed by atoms with Crippen molar-refractivity contribution in [2.75, 3.05) is 32.8 Å². The van der Waals surface area contributed by atoms with Gasteiger partial charge in [-0.1, -0.05) is 26.0 Å². The van der Waals surface area contributed by atoms with Crippen LogP contribution in [0, 0.1) is 5.92 Å². The van der Waals surface area contributed by atoms with E-state index in [2.05, 4.69) is 10.2 Å². The molecule has 1 saturated heterocycles. The maximum atomic E-state index is 11.8. The Morgan fingerprint density at radius 3 is 2.32 bits per heavy atom. The molecule has 0 amide bonds. The van der Waals surface area contributed by atoms with Crippen LogP contribution in [0.25, 0.3) is 0 Å². The Morgan fingerprint density at radius 1 is 1.18 bits per heavy atom. The number of nitrogens with zero attached hydrogens (tertiary/aromatic N) is 1. The number of halogens is 2. The molecule has 22 heavy (non-hydrogen) atoms. The van der Waals surface area contributed by atoms with Gasteiger partial charge in [-0.05, 0) is 23.6 Å². The molecule has 1 N–H and O–H groups in total. The van der Waals surface area contributed by atoms with E-state index in [1.54, 1.807) is 0 Å². The molecule has 0 atom stereocenters. The van der Waals surface area contributed by atoms with Gasteiger partial charge in [0.1, 0.15) is 0 Å². The molecule has 0 unspecified atom stereocenters. The van der Waals surface area contributed by atoms with Crippen LogP contribution in [0.3, 0.4) is 0 Å². The summed E-state index contributed by atoms with van der Waals surface area (Å²) in [5.74, 6) is 0.137. The number of benzene rings is 1. The Bertz CT molecular complexity index is 432. The molecule has 0 radical (unpaired) electrons. The second-order valence-electron chi connectivity index (χ2n) is 5.72. The lowest BCUT2D eigenvalue weighted by Crippen LogP contribution is -2.42. The molecule has 1 aromatic rings. The fourth-order valence-electron chi connectivity index (χ4n) is 2.20. The average molecular weight is 349 g/mol. The number of carbonyl (C=O) groups excluding carboxylic acids is 1. The van der Waals surface area contributed by atoms with E-state index in [1.165, 1.54) is 5.56 Å². The van der Waals surface area contributed by atoms with Crippen LogP contribution in [0.4, 0.5) is 0 Å². The summed E-state index contributed by atoms with van der Waals surface area (Å²) in [4.78, 5) is 14.2. The zero-order valence-corrected chi connectivity index (χ0v) is 14.8. The van der Waals surface area contributed by atoms with E-state index in [0.29, 0.717) is 18.1 Å². The minimum Gasteiger partial charge on any atom is -0.462 e. The van der Waals surface area contributed by atoms with Crippen molar-refractivity contribution in [3.05, 3.63) is 35.4 Å². The second-order valence-corrected chi connectivity index (χ2v) is 5.72. The monoisotopic (exact) mass is 348 g/mol. The van der Waals surface area contributed by atoms with Crippen LogP contribution in [-0.2, 0) is 11.3 Å². The Hall–Kier alpha value is -0.810. The average Bonchev–Trinajstić information content (AvgIpc) is 2.46. The highest BCUT2D eigenvalue weighted by molar-refractivity contribution is 5.89. The lowest BCUT2D eigenvalue weighted by molar-refractivity contribution is 0.0459. The third-order valence-electron chi connectivity index (χ3n) is 3.35. The summed E-state index contributed by atoms with van der Waals surface area (Å²) in [7, 11) is 0. The van der Waals surface area contributed by atoms with Crippen molar-refractivity contribution in [1.29, 1.82) is 0 Å². The van der Waals surface area contributed by atoms with Crippen LogP contribution < -0.4 is 5.32 Å². The molecule has 0 saturated carbocycles. The van der Waals surface area contributed by atoms with E-state index >= 15 is 0 Å². The largest absolute Gasteiger partial charge is 0.462 e. The van der Waals surface area contributed by atoms with Gasteiger partial charge in [0.05, 0.1) is 12.2 Å². The van der Waals surface area contributed by atoms with Gasteiger partial charge in [-0.2, -0.15) is 0 Å². The Balaban J connectivity index is 0.00000220. The summed E-state index contributed by atoms with van der Waals surface area (Å²) in [6, 6.07) is 7.77. The van der Waals surface area contributed by atoms with Crippen LogP contribution in [-0.4, -0.2) is 43.7 Å². The minimum atomic E-state index is -0.229. The van der Waals surface area contributed by atoms with Gasteiger partial charge in [-0.3, -0.25) is 4.90 Å². The van der Waals surface area contributed by atoms with Crippen molar-refractivity contribution >= 4 is 30.8 Å². The highest BCUT2D eigenvalue weighted by atomic mass is 35.5. The number of hydrogen-bond acceptors (Lipinski definition) is 4. The zero-order chi connectivity index (χ0) is 14.4. The van der Waals surface area contributed by atoms with Crippen LogP contribution >= 0.6 is 24.8 Å². The highest BCUT2D eigenvalue weighted by Gasteiger charge is 2.11. The van der Waals surface area contributed by atoms with E-state index in [9.17, 15) is 4.79 Å². The Morgan fingerprint density at radius 2 is 1.77 bits per heavy atom. The van der Waals surface area contributed by atoms with Gasteiger partial charge in [-0.15, -0.1) is 24.8 Å². The summed E-state index contributed by atoms with van der Waals surface area (Å²) in [6.45, 7) is 9.76. The fraction of sp³-hybridized carbons (Fsp3) is 0.562. The smallest absolute Gasteiger partial charge is 0.338 e. The van der Waals surface area contributed by atoms with E-state index in [0.717, 1.165) is 32.7 Å². The normalized spacial score (nSPS) is 14.9. The maximum absolute atomic E-state index is 11.8. The molecule has 2 rings (SSSR count). The predicted molar refractivity (Wildman–Crippen MR) is 94.2 cm³/mol. The summed E-state index contributed by atoms with van der Waals surface area (Å²) < 4.78 is 5.22. The van der Waals surface area contributed by atoms with Gasteiger partial charge in [0.25, 0.3) is 0 Å². The third kappa shape index (κ3) is 6.97. The molecular formula is C16H26Cl2N2O2. The molecule has 0 bridgehead atoms. The van der Waals surface area contributed by atoms with Crippen LogP contribution in [0.1, 0.15) is 29.8 Å². The standard InChI is InChI=1S/C16H24N2O2.2ClH/c1-13(2)12-20-16(19)15-5-3-14(4-6-15)11-18-9-7-17-8-10-18;;/h3-6,13,17H,7-12H2,1-2H3;2*1H. The van der Waals surface area contributed by atoms with E-state index in [-0.39, 0.29) is 30.8 Å². The molecule has 4 nitrogen and oxygen atoms in total. The molecular weight excluding hydrogens is 323 g/mol. The topological polar surface area (TPSA) is 41.6 Å². The van der Waals surface area contributed by atoms with Crippen molar-refractivity contribution in [2.45, 2.75) is 20.4 Å². The number of esters is 1. The minimum absolute atomic E-state index is 0. The first kappa shape index (κ1) is 21.2. The summed E-state index contributed by atoms with van der Waals surface area (Å²) in [6.07, 6.45) is 0. The summed E-state index contributed by atoms with van der Waals surface area (Å²) in [5.41, 5.74) is 1.88. The zero-order valence-electron chi connectivity index (χ0n) is 13.2. The second kappa shape index (κ2) is 10.8. The highest BCUT2D eigenvalue weighted by Crippen LogP contribution is 2.10. The molecule has 6 heteroatoms. The van der Waals surface area contributed by atoms with Crippen molar-refractivity contribution in [1.82, 2.24) is 10.2 Å². The molecule has 0 aliphatic carbocycles. The van der Waals surface area contributed by atoms with Gasteiger partial charge >= 0.3 is 5.97 Å². The number of rotatable bonds is 5. The molecule has 0 spiro atoms. The van der Waals surface area contributed by atoms with E-state index < -0.39 is 0 Å². The van der Waals surface area contributed by atoms with Gasteiger partial charge in [0.15, 0.2) is 0 Å². The first-order valence-corrected chi connectivity index (χ1v) is 7.34. The van der Waals surface area contributed by atoms with Crippen molar-refractivity contribution in [2.24, 2.45) is 5.92 Å². The van der Waals surface area contributed by atoms with Gasteiger partial charge in [0, 0.05) is 32.7 Å². The fourth-order valence-corrected chi connectivity index (χ4v) is 2.20. The molecule has 1 aromatic carbocycles.